The van der Waals surface area contributed by atoms with Gasteiger partial charge in [-0.2, -0.15) is 12.7 Å². The molecule has 1 saturated heterocycles. The molecule has 2 heterocycles. The molecule has 31 heavy (non-hydrogen) atoms. The molecule has 0 saturated carbocycles. The molecule has 1 aromatic heterocycles. The van der Waals surface area contributed by atoms with Crippen LogP contribution in [0.2, 0.25) is 0 Å². The lowest BCUT2D eigenvalue weighted by molar-refractivity contribution is -0.142. The van der Waals surface area contributed by atoms with Crippen LogP contribution < -0.4 is 10.1 Å². The molecule has 162 valence electrons. The lowest BCUT2D eigenvalue weighted by atomic mass is 10.1. The molecular formula is C18H15N3O6S4. The number of ether oxygens (including phenoxy) is 1. The molecule has 2 atom stereocenters. The fraction of sp³-hybridized carbons (Fsp3) is 0.167. The molecule has 1 fully saturated rings. The van der Waals surface area contributed by atoms with Gasteiger partial charge >= 0.3 is 10.3 Å². The van der Waals surface area contributed by atoms with Crippen LogP contribution in [0.4, 0.5) is 0 Å². The predicted molar refractivity (Wildman–Crippen MR) is 119 cm³/mol. The maximum atomic E-state index is 12.3. The highest BCUT2D eigenvalue weighted by atomic mass is 33.1. The number of rotatable bonds is 8. The Bertz CT molecular complexity index is 1180. The summed E-state index contributed by atoms with van der Waals surface area (Å²) in [6.07, 6.45) is 0. The first-order chi connectivity index (χ1) is 14.8. The van der Waals surface area contributed by atoms with Crippen LogP contribution in [0.15, 0.2) is 58.9 Å². The van der Waals surface area contributed by atoms with Crippen molar-refractivity contribution in [3.05, 3.63) is 54.6 Å². The minimum atomic E-state index is -4.77. The van der Waals surface area contributed by atoms with Crippen molar-refractivity contribution < 1.29 is 27.3 Å². The number of hydrogen-bond acceptors (Lipinski definition) is 9. The molecule has 4 rings (SSSR count). The number of para-hydroxylation sites is 2. The number of hydrogen-bond donors (Lipinski definition) is 2. The van der Waals surface area contributed by atoms with E-state index in [4.69, 9.17) is 4.74 Å². The molecule has 13 heteroatoms. The van der Waals surface area contributed by atoms with E-state index >= 15 is 0 Å². The van der Waals surface area contributed by atoms with Gasteiger partial charge in [-0.3, -0.25) is 14.1 Å². The summed E-state index contributed by atoms with van der Waals surface area (Å²) in [5, 5.41) is 1.44. The Morgan fingerprint density at radius 3 is 2.61 bits per heavy atom. The fourth-order valence-corrected chi connectivity index (χ4v) is 7.91. The van der Waals surface area contributed by atoms with E-state index in [-0.39, 0.29) is 6.61 Å². The number of carbonyl (C=O) groups excluding carboxylic acids is 2. The number of amides is 2. The first-order valence-electron chi connectivity index (χ1n) is 8.80. The van der Waals surface area contributed by atoms with E-state index in [0.717, 1.165) is 21.0 Å². The van der Waals surface area contributed by atoms with Crippen molar-refractivity contribution in [2.24, 2.45) is 0 Å². The third kappa shape index (κ3) is 4.96. The Kier molecular flexibility index (Phi) is 6.39. The lowest BCUT2D eigenvalue weighted by Gasteiger charge is -2.42. The summed E-state index contributed by atoms with van der Waals surface area (Å²) in [6, 6.07) is 15.0. The second-order valence-electron chi connectivity index (χ2n) is 6.28. The molecule has 2 amide bonds. The van der Waals surface area contributed by atoms with Gasteiger partial charge in [0.1, 0.15) is 17.2 Å². The molecular weight excluding hydrogens is 482 g/mol. The summed E-state index contributed by atoms with van der Waals surface area (Å²) in [5.41, 5.74) is 0.801. The van der Waals surface area contributed by atoms with Gasteiger partial charge in [0, 0.05) is 0 Å². The first-order valence-corrected chi connectivity index (χ1v) is 13.2. The van der Waals surface area contributed by atoms with Crippen molar-refractivity contribution in [2.75, 3.05) is 6.61 Å². The van der Waals surface area contributed by atoms with Crippen molar-refractivity contribution in [1.29, 1.82) is 0 Å². The number of nitrogens with zero attached hydrogens (tertiary/aromatic N) is 2. The van der Waals surface area contributed by atoms with Gasteiger partial charge in [0.25, 0.3) is 11.8 Å². The molecule has 3 aromatic rings. The number of fused-ring (bicyclic) bond motifs is 1. The van der Waals surface area contributed by atoms with E-state index in [1.165, 1.54) is 22.1 Å². The van der Waals surface area contributed by atoms with Crippen LogP contribution in [0.5, 0.6) is 5.75 Å². The Morgan fingerprint density at radius 1 is 1.19 bits per heavy atom. The van der Waals surface area contributed by atoms with Crippen molar-refractivity contribution in [3.63, 3.8) is 0 Å². The van der Waals surface area contributed by atoms with E-state index in [2.05, 4.69) is 10.3 Å². The largest absolute Gasteiger partial charge is 0.484 e. The van der Waals surface area contributed by atoms with Gasteiger partial charge in [0.2, 0.25) is 0 Å². The van der Waals surface area contributed by atoms with E-state index in [1.54, 1.807) is 30.3 Å². The number of aromatic nitrogens is 1. The van der Waals surface area contributed by atoms with Gasteiger partial charge in [0.15, 0.2) is 10.9 Å². The van der Waals surface area contributed by atoms with E-state index in [0.29, 0.717) is 14.4 Å². The molecule has 9 nitrogen and oxygen atoms in total. The van der Waals surface area contributed by atoms with Crippen LogP contribution in [0.3, 0.4) is 0 Å². The highest BCUT2D eigenvalue weighted by molar-refractivity contribution is 8.77. The summed E-state index contributed by atoms with van der Waals surface area (Å²) in [7, 11) is -2.59. The van der Waals surface area contributed by atoms with Crippen LogP contribution >= 0.6 is 32.9 Å². The van der Waals surface area contributed by atoms with Gasteiger partial charge < -0.3 is 10.1 Å². The number of carbonyl (C=O) groups is 2. The summed E-state index contributed by atoms with van der Waals surface area (Å²) >= 11 is 1.41. The maximum absolute atomic E-state index is 12.3. The summed E-state index contributed by atoms with van der Waals surface area (Å²) in [6.45, 7) is -0.345. The Balaban J connectivity index is 1.41. The minimum Gasteiger partial charge on any atom is -0.484 e. The number of β-lactam (4-membered cyclic amide) rings is 1. The van der Waals surface area contributed by atoms with Crippen LogP contribution in [-0.4, -0.2) is 52.1 Å². The van der Waals surface area contributed by atoms with Crippen molar-refractivity contribution >= 4 is 65.3 Å². The molecule has 0 bridgehead atoms. The zero-order valence-electron chi connectivity index (χ0n) is 15.6. The second kappa shape index (κ2) is 9.04. The molecule has 0 aliphatic carbocycles. The average Bonchev–Trinajstić information content (AvgIpc) is 3.16. The second-order valence-corrected chi connectivity index (χ2v) is 11.2. The van der Waals surface area contributed by atoms with Gasteiger partial charge in [-0.1, -0.05) is 41.1 Å². The van der Waals surface area contributed by atoms with E-state index in [1.807, 2.05) is 24.3 Å². The van der Waals surface area contributed by atoms with Crippen molar-refractivity contribution in [1.82, 2.24) is 14.6 Å². The van der Waals surface area contributed by atoms with E-state index < -0.39 is 33.5 Å². The average molecular weight is 498 g/mol. The smallest absolute Gasteiger partial charge is 0.363 e. The number of benzene rings is 2. The van der Waals surface area contributed by atoms with Crippen molar-refractivity contribution in [2.45, 2.75) is 15.8 Å². The van der Waals surface area contributed by atoms with Crippen molar-refractivity contribution in [3.8, 4) is 5.75 Å². The molecule has 1 aliphatic heterocycles. The summed E-state index contributed by atoms with van der Waals surface area (Å²) < 4.78 is 39.9. The lowest BCUT2D eigenvalue weighted by Crippen LogP contribution is -2.70. The van der Waals surface area contributed by atoms with Gasteiger partial charge in [-0.25, -0.2) is 4.98 Å². The molecule has 0 spiro atoms. The first kappa shape index (κ1) is 21.9. The maximum Gasteiger partial charge on any atom is 0.363 e. The zero-order valence-corrected chi connectivity index (χ0v) is 18.8. The summed E-state index contributed by atoms with van der Waals surface area (Å²) in [5.74, 6) is -1.03. The topological polar surface area (TPSA) is 126 Å². The molecule has 2 aromatic carbocycles. The molecule has 0 radical (unpaired) electrons. The van der Waals surface area contributed by atoms with Gasteiger partial charge in [-0.05, 0) is 35.1 Å². The third-order valence-electron chi connectivity index (χ3n) is 4.17. The van der Waals surface area contributed by atoms with E-state index in [9.17, 15) is 22.6 Å². The highest BCUT2D eigenvalue weighted by Gasteiger charge is 2.54. The third-order valence-corrected chi connectivity index (χ3v) is 9.22. The normalized spacial score (nSPS) is 18.6. The molecule has 0 unspecified atom stereocenters. The Morgan fingerprint density at radius 2 is 1.90 bits per heavy atom. The number of nitrogens with one attached hydrogen (secondary N) is 1. The summed E-state index contributed by atoms with van der Waals surface area (Å²) in [4.78, 5) is 28.9. The van der Waals surface area contributed by atoms with Crippen LogP contribution in [0.1, 0.15) is 0 Å². The molecule has 2 N–H and O–H groups in total. The Hall–Kier alpha value is -2.32. The number of thiazole rings is 1. The standard InChI is InChI=1S/C18H15N3O6S4/c22-14(10-27-11-6-2-1-3-7-11)20-15-16(23)21(31(24,25)26)17(15)29-30-18-19-12-8-4-5-9-13(12)28-18/h1-9,15,17H,10H2,(H,20,22)(H,24,25,26)/t15-,17-/m1/s1. The van der Waals surface area contributed by atoms with Crippen LogP contribution in [0, 0.1) is 0 Å². The predicted octanol–water partition coefficient (Wildman–Crippen LogP) is 2.57. The zero-order chi connectivity index (χ0) is 22.0. The van der Waals surface area contributed by atoms with Crippen LogP contribution in [-0.2, 0) is 19.9 Å². The minimum absolute atomic E-state index is 0.345. The van der Waals surface area contributed by atoms with Crippen LogP contribution in [0.25, 0.3) is 10.2 Å². The molecule has 1 aliphatic rings. The highest BCUT2D eigenvalue weighted by Crippen LogP contribution is 2.44. The van der Waals surface area contributed by atoms with Gasteiger partial charge in [0.05, 0.1) is 10.2 Å². The fourth-order valence-electron chi connectivity index (χ4n) is 2.77. The SMILES string of the molecule is O=C(COc1ccccc1)N[C@@H]1C(=O)N(S(=O)(=O)O)[C@@H]1SSc1nc2ccccc2s1. The Labute approximate surface area is 189 Å². The van der Waals surface area contributed by atoms with Gasteiger partial charge in [-0.15, -0.1) is 11.3 Å². The quantitative estimate of drug-likeness (QED) is 0.274. The monoisotopic (exact) mass is 497 g/mol.